The topological polar surface area (TPSA) is 0 Å². The third kappa shape index (κ3) is 2.57. The molecule has 0 saturated carbocycles. The zero-order valence-corrected chi connectivity index (χ0v) is 11.9. The first kappa shape index (κ1) is 13.5. The van der Waals surface area contributed by atoms with Crippen LogP contribution in [0.3, 0.4) is 0 Å². The molecule has 0 aliphatic carbocycles. The number of hydrogen-bond donors (Lipinski definition) is 0. The van der Waals surface area contributed by atoms with E-state index in [1.54, 1.807) is 0 Å². The van der Waals surface area contributed by atoms with E-state index in [0.717, 1.165) is 21.7 Å². The fourth-order valence-electron chi connectivity index (χ4n) is 1.77. The summed E-state index contributed by atoms with van der Waals surface area (Å²) in [6.07, 6.45) is 0. The molecule has 0 amide bonds. The van der Waals surface area contributed by atoms with Crippen LogP contribution in [0.15, 0.2) is 40.9 Å². The van der Waals surface area contributed by atoms with Crippen LogP contribution in [-0.4, -0.2) is 0 Å². The van der Waals surface area contributed by atoms with Gasteiger partial charge in [-0.1, -0.05) is 34.1 Å². The van der Waals surface area contributed by atoms with E-state index in [4.69, 9.17) is 11.6 Å². The van der Waals surface area contributed by atoms with Gasteiger partial charge in [0.15, 0.2) is 0 Å². The predicted molar refractivity (Wildman–Crippen MR) is 72.9 cm³/mol. The minimum atomic E-state index is -0.636. The van der Waals surface area contributed by atoms with Crippen molar-refractivity contribution in [3.8, 4) is 0 Å². The van der Waals surface area contributed by atoms with Crippen molar-refractivity contribution in [2.75, 3.05) is 0 Å². The van der Waals surface area contributed by atoms with E-state index >= 15 is 0 Å². The summed E-state index contributed by atoms with van der Waals surface area (Å²) in [5, 5.41) is -0.636. The van der Waals surface area contributed by atoms with E-state index in [0.29, 0.717) is 0 Å². The van der Waals surface area contributed by atoms with Crippen LogP contribution in [0.5, 0.6) is 0 Å². The van der Waals surface area contributed by atoms with Crippen LogP contribution in [0.25, 0.3) is 0 Å². The summed E-state index contributed by atoms with van der Waals surface area (Å²) in [6.45, 7) is 1.90. The highest BCUT2D eigenvalue weighted by Crippen LogP contribution is 2.34. The van der Waals surface area contributed by atoms with Gasteiger partial charge in [-0.15, -0.1) is 11.6 Å². The molecular formula is C14H10BrClF2. The first-order chi connectivity index (χ1) is 8.50. The first-order valence-corrected chi connectivity index (χ1v) is 6.57. The molecule has 0 aliphatic rings. The van der Waals surface area contributed by atoms with Gasteiger partial charge < -0.3 is 0 Å². The lowest BCUT2D eigenvalue weighted by molar-refractivity contribution is 0.573. The van der Waals surface area contributed by atoms with Crippen LogP contribution < -0.4 is 0 Å². The van der Waals surface area contributed by atoms with Crippen LogP contribution in [0.4, 0.5) is 8.78 Å². The molecule has 0 nitrogen and oxygen atoms in total. The summed E-state index contributed by atoms with van der Waals surface area (Å²) in [6, 6.07) is 9.00. The number of hydrogen-bond acceptors (Lipinski definition) is 0. The Hall–Kier alpha value is -0.930. The van der Waals surface area contributed by atoms with Gasteiger partial charge in [0.05, 0.1) is 5.38 Å². The first-order valence-electron chi connectivity index (χ1n) is 5.34. The quantitative estimate of drug-likeness (QED) is 0.650. The van der Waals surface area contributed by atoms with Gasteiger partial charge in [0, 0.05) is 16.1 Å². The number of benzene rings is 2. The molecule has 2 aromatic rings. The molecule has 1 atom stereocenters. The van der Waals surface area contributed by atoms with E-state index in [1.165, 1.54) is 12.1 Å². The fourth-order valence-corrected chi connectivity index (χ4v) is 2.57. The Morgan fingerprint density at radius 2 is 1.83 bits per heavy atom. The third-order valence-electron chi connectivity index (χ3n) is 2.82. The summed E-state index contributed by atoms with van der Waals surface area (Å²) < 4.78 is 27.5. The second-order valence-electron chi connectivity index (χ2n) is 3.98. The summed E-state index contributed by atoms with van der Waals surface area (Å²) in [4.78, 5) is 0. The van der Waals surface area contributed by atoms with Gasteiger partial charge in [0.2, 0.25) is 0 Å². The maximum atomic E-state index is 13.7. The van der Waals surface area contributed by atoms with Gasteiger partial charge in [0.25, 0.3) is 0 Å². The van der Waals surface area contributed by atoms with E-state index in [9.17, 15) is 8.78 Å². The Bertz CT molecular complexity index is 584. The second-order valence-corrected chi connectivity index (χ2v) is 5.27. The number of halogens is 4. The van der Waals surface area contributed by atoms with E-state index in [2.05, 4.69) is 15.9 Å². The molecule has 0 aromatic heterocycles. The van der Waals surface area contributed by atoms with Crippen molar-refractivity contribution in [1.29, 1.82) is 0 Å². The minimum absolute atomic E-state index is 0.277. The highest BCUT2D eigenvalue weighted by molar-refractivity contribution is 9.10. The minimum Gasteiger partial charge on any atom is -0.207 e. The second kappa shape index (κ2) is 5.37. The lowest BCUT2D eigenvalue weighted by Gasteiger charge is -2.15. The number of alkyl halides is 1. The van der Waals surface area contributed by atoms with Crippen LogP contribution >= 0.6 is 27.5 Å². The van der Waals surface area contributed by atoms with Crippen molar-refractivity contribution in [1.82, 2.24) is 0 Å². The van der Waals surface area contributed by atoms with Crippen molar-refractivity contribution in [2.24, 2.45) is 0 Å². The van der Waals surface area contributed by atoms with Crippen molar-refractivity contribution in [3.63, 3.8) is 0 Å². The molecule has 2 aromatic carbocycles. The average molecular weight is 332 g/mol. The van der Waals surface area contributed by atoms with E-state index in [-0.39, 0.29) is 5.56 Å². The van der Waals surface area contributed by atoms with E-state index in [1.807, 2.05) is 25.1 Å². The molecule has 1 unspecified atom stereocenters. The Kier molecular flexibility index (Phi) is 4.03. The third-order valence-corrected chi connectivity index (χ3v) is 4.15. The standard InChI is InChI=1S/C14H10BrClF2/c1-8-10(3-2-4-12(8)15)14(16)11-6-5-9(17)7-13(11)18/h2-7,14H,1H3. The molecule has 0 N–H and O–H groups in total. The van der Waals surface area contributed by atoms with Gasteiger partial charge in [-0.3, -0.25) is 0 Å². The van der Waals surface area contributed by atoms with Gasteiger partial charge in [-0.25, -0.2) is 8.78 Å². The van der Waals surface area contributed by atoms with Crippen molar-refractivity contribution < 1.29 is 8.78 Å². The molecular weight excluding hydrogens is 322 g/mol. The fraction of sp³-hybridized carbons (Fsp3) is 0.143. The SMILES string of the molecule is Cc1c(Br)cccc1C(Cl)c1ccc(F)cc1F. The van der Waals surface area contributed by atoms with E-state index < -0.39 is 17.0 Å². The molecule has 0 spiro atoms. The smallest absolute Gasteiger partial charge is 0.131 e. The monoisotopic (exact) mass is 330 g/mol. The van der Waals surface area contributed by atoms with Crippen molar-refractivity contribution in [2.45, 2.75) is 12.3 Å². The largest absolute Gasteiger partial charge is 0.207 e. The van der Waals surface area contributed by atoms with Gasteiger partial charge >= 0.3 is 0 Å². The molecule has 0 heterocycles. The average Bonchev–Trinajstić information content (AvgIpc) is 2.32. The van der Waals surface area contributed by atoms with Crippen molar-refractivity contribution in [3.05, 3.63) is 69.2 Å². The highest BCUT2D eigenvalue weighted by atomic mass is 79.9. The van der Waals surface area contributed by atoms with Crippen LogP contribution in [-0.2, 0) is 0 Å². The maximum Gasteiger partial charge on any atom is 0.131 e. The van der Waals surface area contributed by atoms with Crippen molar-refractivity contribution >= 4 is 27.5 Å². The lowest BCUT2D eigenvalue weighted by Crippen LogP contribution is -2.00. The molecule has 4 heteroatoms. The Labute approximate surface area is 118 Å². The molecule has 0 aliphatic heterocycles. The maximum absolute atomic E-state index is 13.7. The Balaban J connectivity index is 2.48. The Morgan fingerprint density at radius 3 is 2.50 bits per heavy atom. The van der Waals surface area contributed by atoms with Gasteiger partial charge in [-0.05, 0) is 30.2 Å². The summed E-state index contributed by atoms with van der Waals surface area (Å²) >= 11 is 9.69. The highest BCUT2D eigenvalue weighted by Gasteiger charge is 2.18. The molecule has 0 radical (unpaired) electrons. The normalized spacial score (nSPS) is 12.5. The predicted octanol–water partition coefficient (Wildman–Crippen LogP) is 5.36. The van der Waals surface area contributed by atoms with Gasteiger partial charge in [0.1, 0.15) is 11.6 Å². The number of rotatable bonds is 2. The molecule has 0 bridgehead atoms. The summed E-state index contributed by atoms with van der Waals surface area (Å²) in [5.74, 6) is -1.24. The molecule has 2 rings (SSSR count). The molecule has 0 fully saturated rings. The Morgan fingerprint density at radius 1 is 1.11 bits per heavy atom. The van der Waals surface area contributed by atoms with Gasteiger partial charge in [-0.2, -0.15) is 0 Å². The molecule has 94 valence electrons. The molecule has 0 saturated heterocycles. The van der Waals surface area contributed by atoms with Crippen LogP contribution in [0.2, 0.25) is 0 Å². The lowest BCUT2D eigenvalue weighted by atomic mass is 9.99. The summed E-state index contributed by atoms with van der Waals surface area (Å²) in [7, 11) is 0. The zero-order chi connectivity index (χ0) is 13.3. The zero-order valence-electron chi connectivity index (χ0n) is 9.55. The van der Waals surface area contributed by atoms with Crippen LogP contribution in [0, 0.1) is 18.6 Å². The van der Waals surface area contributed by atoms with Crippen LogP contribution in [0.1, 0.15) is 22.1 Å². The molecule has 18 heavy (non-hydrogen) atoms. The summed E-state index contributed by atoms with van der Waals surface area (Å²) in [5.41, 5.74) is 2.03.